The van der Waals surface area contributed by atoms with Gasteiger partial charge in [0, 0.05) is 13.2 Å². The monoisotopic (exact) mass is 130 g/mol. The van der Waals surface area contributed by atoms with E-state index < -0.39 is 0 Å². The topological polar surface area (TPSA) is 29.5 Å². The molecule has 1 saturated heterocycles. The molecule has 0 aromatic rings. The van der Waals surface area contributed by atoms with Crippen molar-refractivity contribution in [3.63, 3.8) is 0 Å². The highest BCUT2D eigenvalue weighted by Gasteiger charge is 2.16. The second-order valence-electron chi connectivity index (χ2n) is 2.73. The van der Waals surface area contributed by atoms with E-state index in [1.165, 1.54) is 0 Å². The summed E-state index contributed by atoms with van der Waals surface area (Å²) >= 11 is 0. The van der Waals surface area contributed by atoms with Crippen LogP contribution in [0.3, 0.4) is 0 Å². The van der Waals surface area contributed by atoms with Crippen molar-refractivity contribution in [1.82, 2.24) is 0 Å². The van der Waals surface area contributed by atoms with Gasteiger partial charge in [0.15, 0.2) is 0 Å². The predicted octanol–water partition coefficient (Wildman–Crippen LogP) is 0.794. The van der Waals surface area contributed by atoms with Crippen LogP contribution in [0.5, 0.6) is 0 Å². The number of rotatable bonds is 0. The normalized spacial score (nSPS) is 38.0. The summed E-state index contributed by atoms with van der Waals surface area (Å²) in [4.78, 5) is 0. The molecule has 2 heteroatoms. The number of hydrogen-bond acceptors (Lipinski definition) is 2. The van der Waals surface area contributed by atoms with Crippen molar-refractivity contribution in [3.05, 3.63) is 0 Å². The number of ether oxygens (including phenoxy) is 1. The maximum Gasteiger partial charge on any atom is 0.0588 e. The van der Waals surface area contributed by atoms with Gasteiger partial charge in [0.05, 0.1) is 6.10 Å². The Bertz CT molecular complexity index is 73.0. The van der Waals surface area contributed by atoms with Crippen LogP contribution >= 0.6 is 0 Å². The Morgan fingerprint density at radius 1 is 1.33 bits per heavy atom. The first-order valence-corrected chi connectivity index (χ1v) is 3.56. The van der Waals surface area contributed by atoms with Gasteiger partial charge in [0.1, 0.15) is 0 Å². The summed E-state index contributed by atoms with van der Waals surface area (Å²) < 4.78 is 5.18. The molecule has 0 aromatic heterocycles. The third-order valence-electron chi connectivity index (χ3n) is 1.93. The fourth-order valence-electron chi connectivity index (χ4n) is 1.05. The smallest absolute Gasteiger partial charge is 0.0588 e. The molecular formula is C7H14O2. The van der Waals surface area contributed by atoms with Gasteiger partial charge >= 0.3 is 0 Å². The minimum Gasteiger partial charge on any atom is -0.393 e. The lowest BCUT2D eigenvalue weighted by Crippen LogP contribution is -2.16. The Labute approximate surface area is 55.8 Å². The second-order valence-corrected chi connectivity index (χ2v) is 2.73. The summed E-state index contributed by atoms with van der Waals surface area (Å²) in [7, 11) is 0. The first kappa shape index (κ1) is 7.03. The average Bonchev–Trinajstić information content (AvgIpc) is 1.99. The SMILES string of the molecule is C[C@@H]1CCOCC[C@H]1O. The molecule has 0 spiro atoms. The zero-order valence-corrected chi connectivity index (χ0v) is 5.84. The number of hydrogen-bond donors (Lipinski definition) is 1. The molecule has 0 saturated carbocycles. The molecule has 54 valence electrons. The zero-order chi connectivity index (χ0) is 6.69. The van der Waals surface area contributed by atoms with Gasteiger partial charge in [-0.3, -0.25) is 0 Å². The minimum atomic E-state index is -0.132. The van der Waals surface area contributed by atoms with Crippen LogP contribution in [0.1, 0.15) is 19.8 Å². The van der Waals surface area contributed by atoms with Crippen molar-refractivity contribution in [1.29, 1.82) is 0 Å². The van der Waals surface area contributed by atoms with E-state index in [2.05, 4.69) is 6.92 Å². The average molecular weight is 130 g/mol. The Kier molecular flexibility index (Phi) is 2.49. The number of aliphatic hydroxyl groups is 1. The summed E-state index contributed by atoms with van der Waals surface area (Å²) in [6.45, 7) is 3.61. The zero-order valence-electron chi connectivity index (χ0n) is 5.84. The van der Waals surface area contributed by atoms with E-state index in [1.54, 1.807) is 0 Å². The molecule has 1 heterocycles. The van der Waals surface area contributed by atoms with Crippen molar-refractivity contribution in [2.75, 3.05) is 13.2 Å². The van der Waals surface area contributed by atoms with Gasteiger partial charge in [0.2, 0.25) is 0 Å². The van der Waals surface area contributed by atoms with Gasteiger partial charge in [-0.2, -0.15) is 0 Å². The lowest BCUT2D eigenvalue weighted by atomic mass is 10.0. The molecule has 0 aliphatic carbocycles. The van der Waals surface area contributed by atoms with Crippen LogP contribution < -0.4 is 0 Å². The summed E-state index contributed by atoms with van der Waals surface area (Å²) in [5.74, 6) is 0.424. The fourth-order valence-corrected chi connectivity index (χ4v) is 1.05. The fraction of sp³-hybridized carbons (Fsp3) is 1.00. The van der Waals surface area contributed by atoms with Crippen molar-refractivity contribution < 1.29 is 9.84 Å². The lowest BCUT2D eigenvalue weighted by molar-refractivity contribution is 0.102. The van der Waals surface area contributed by atoms with Crippen molar-refractivity contribution in [2.45, 2.75) is 25.9 Å². The minimum absolute atomic E-state index is 0.132. The Hall–Kier alpha value is -0.0800. The van der Waals surface area contributed by atoms with Gasteiger partial charge in [-0.05, 0) is 18.8 Å². The molecule has 9 heavy (non-hydrogen) atoms. The summed E-state index contributed by atoms with van der Waals surface area (Å²) in [6, 6.07) is 0. The van der Waals surface area contributed by atoms with Crippen LogP contribution in [0.4, 0.5) is 0 Å². The molecule has 2 atom stereocenters. The third-order valence-corrected chi connectivity index (χ3v) is 1.93. The van der Waals surface area contributed by atoms with Crippen LogP contribution in [0, 0.1) is 5.92 Å². The Morgan fingerprint density at radius 2 is 2.00 bits per heavy atom. The van der Waals surface area contributed by atoms with Gasteiger partial charge in [0.25, 0.3) is 0 Å². The molecule has 1 aliphatic rings. The van der Waals surface area contributed by atoms with Crippen molar-refractivity contribution >= 4 is 0 Å². The molecule has 1 aliphatic heterocycles. The summed E-state index contributed by atoms with van der Waals surface area (Å²) in [5, 5.41) is 9.28. The number of aliphatic hydroxyl groups excluding tert-OH is 1. The van der Waals surface area contributed by atoms with E-state index in [1.807, 2.05) is 0 Å². The van der Waals surface area contributed by atoms with Crippen LogP contribution in [-0.2, 0) is 4.74 Å². The highest BCUT2D eigenvalue weighted by atomic mass is 16.5. The molecule has 1 rings (SSSR count). The van der Waals surface area contributed by atoms with Gasteiger partial charge in [-0.25, -0.2) is 0 Å². The van der Waals surface area contributed by atoms with Gasteiger partial charge < -0.3 is 9.84 Å². The van der Waals surface area contributed by atoms with Gasteiger partial charge in [-0.15, -0.1) is 0 Å². The largest absolute Gasteiger partial charge is 0.393 e. The van der Waals surface area contributed by atoms with Gasteiger partial charge in [-0.1, -0.05) is 6.92 Å². The first-order chi connectivity index (χ1) is 4.30. The molecule has 0 amide bonds. The molecule has 2 nitrogen and oxygen atoms in total. The lowest BCUT2D eigenvalue weighted by Gasteiger charge is -2.12. The molecule has 0 radical (unpaired) electrons. The van der Waals surface area contributed by atoms with Crippen LogP contribution in [0.15, 0.2) is 0 Å². The molecule has 0 bridgehead atoms. The maximum atomic E-state index is 9.28. The molecular weight excluding hydrogens is 116 g/mol. The van der Waals surface area contributed by atoms with E-state index in [0.29, 0.717) is 5.92 Å². The quantitative estimate of drug-likeness (QED) is 0.525. The summed E-state index contributed by atoms with van der Waals surface area (Å²) in [6.07, 6.45) is 1.68. The van der Waals surface area contributed by atoms with E-state index in [-0.39, 0.29) is 6.10 Å². The highest BCUT2D eigenvalue weighted by molar-refractivity contribution is 4.66. The first-order valence-electron chi connectivity index (χ1n) is 3.56. The Morgan fingerprint density at radius 3 is 2.78 bits per heavy atom. The third kappa shape index (κ3) is 1.95. The van der Waals surface area contributed by atoms with Crippen LogP contribution in [-0.4, -0.2) is 24.4 Å². The summed E-state index contributed by atoms with van der Waals surface area (Å²) in [5.41, 5.74) is 0. The van der Waals surface area contributed by atoms with Crippen LogP contribution in [0.2, 0.25) is 0 Å². The molecule has 0 unspecified atom stereocenters. The highest BCUT2D eigenvalue weighted by Crippen LogP contribution is 2.14. The van der Waals surface area contributed by atoms with E-state index >= 15 is 0 Å². The maximum absolute atomic E-state index is 9.28. The van der Waals surface area contributed by atoms with Crippen molar-refractivity contribution in [2.24, 2.45) is 5.92 Å². The van der Waals surface area contributed by atoms with Crippen molar-refractivity contribution in [3.8, 4) is 0 Å². The van der Waals surface area contributed by atoms with E-state index in [9.17, 15) is 5.11 Å². The molecule has 0 aromatic carbocycles. The molecule has 1 fully saturated rings. The predicted molar refractivity (Wildman–Crippen MR) is 35.2 cm³/mol. The second kappa shape index (κ2) is 3.18. The van der Waals surface area contributed by atoms with E-state index in [4.69, 9.17) is 4.74 Å². The molecule has 1 N–H and O–H groups in total. The van der Waals surface area contributed by atoms with E-state index in [0.717, 1.165) is 26.1 Å². The van der Waals surface area contributed by atoms with Crippen LogP contribution in [0.25, 0.3) is 0 Å². The standard InChI is InChI=1S/C7H14O2/c1-6-2-4-9-5-3-7(6)8/h6-8H,2-5H2,1H3/t6-,7-/m1/s1. The Balaban J connectivity index is 2.32.